The minimum atomic E-state index is -0.138. The molecule has 0 aliphatic carbocycles. The normalized spacial score (nSPS) is 28.1. The average Bonchev–Trinajstić information content (AvgIpc) is 2.47. The van der Waals surface area contributed by atoms with Crippen molar-refractivity contribution >= 4 is 11.8 Å². The Hall–Kier alpha value is -0.540. The summed E-state index contributed by atoms with van der Waals surface area (Å²) in [7, 11) is 0. The first-order valence-corrected chi connectivity index (χ1v) is 8.44. The van der Waals surface area contributed by atoms with Crippen molar-refractivity contribution in [2.75, 3.05) is 18.8 Å². The highest BCUT2D eigenvalue weighted by Crippen LogP contribution is 2.34. The molecule has 0 N–H and O–H groups in total. The third-order valence-electron chi connectivity index (χ3n) is 4.51. The molecule has 0 saturated carbocycles. The highest BCUT2D eigenvalue weighted by atomic mass is 32.2. The molecule has 1 aromatic carbocycles. The fourth-order valence-corrected chi connectivity index (χ4v) is 4.63. The predicted molar refractivity (Wildman–Crippen MR) is 79.1 cm³/mol. The first-order valence-electron chi connectivity index (χ1n) is 7.45. The van der Waals surface area contributed by atoms with Crippen LogP contribution in [0.25, 0.3) is 0 Å². The largest absolute Gasteiger partial charge is 0.300 e. The quantitative estimate of drug-likeness (QED) is 0.764. The summed E-state index contributed by atoms with van der Waals surface area (Å²) >= 11 is 1.90. The van der Waals surface area contributed by atoms with Gasteiger partial charge < -0.3 is 4.90 Å². The van der Waals surface area contributed by atoms with Gasteiger partial charge in [0, 0.05) is 16.7 Å². The van der Waals surface area contributed by atoms with Gasteiger partial charge in [-0.1, -0.05) is 6.42 Å². The molecule has 2 heterocycles. The Labute approximate surface area is 119 Å². The number of piperidine rings is 2. The summed E-state index contributed by atoms with van der Waals surface area (Å²) in [6, 6.07) is 7.75. The van der Waals surface area contributed by atoms with Crippen LogP contribution in [-0.4, -0.2) is 29.8 Å². The van der Waals surface area contributed by atoms with Crippen LogP contribution < -0.4 is 0 Å². The van der Waals surface area contributed by atoms with Crippen molar-refractivity contribution in [2.45, 2.75) is 43.0 Å². The maximum Gasteiger partial charge on any atom is 0.123 e. The fraction of sp³-hybridized carbons (Fsp3) is 0.625. The molecular formula is C16H22FNS. The van der Waals surface area contributed by atoms with E-state index in [-0.39, 0.29) is 5.82 Å². The third-order valence-corrected chi connectivity index (χ3v) is 5.71. The van der Waals surface area contributed by atoms with Crippen LogP contribution in [0.1, 0.15) is 32.1 Å². The van der Waals surface area contributed by atoms with Crippen molar-refractivity contribution in [1.29, 1.82) is 0 Å². The lowest BCUT2D eigenvalue weighted by Crippen LogP contribution is -2.48. The van der Waals surface area contributed by atoms with E-state index in [0.717, 1.165) is 12.0 Å². The van der Waals surface area contributed by atoms with Gasteiger partial charge in [-0.2, -0.15) is 0 Å². The highest BCUT2D eigenvalue weighted by molar-refractivity contribution is 7.99. The molecule has 0 amide bonds. The molecule has 19 heavy (non-hydrogen) atoms. The van der Waals surface area contributed by atoms with Crippen molar-refractivity contribution in [3.8, 4) is 0 Å². The van der Waals surface area contributed by atoms with E-state index < -0.39 is 0 Å². The molecule has 0 aromatic heterocycles. The van der Waals surface area contributed by atoms with E-state index in [9.17, 15) is 4.39 Å². The number of benzene rings is 1. The molecule has 104 valence electrons. The number of rotatable bonds is 3. The van der Waals surface area contributed by atoms with Crippen LogP contribution in [0, 0.1) is 11.7 Å². The lowest BCUT2D eigenvalue weighted by Gasteiger charge is -2.44. The number of thioether (sulfide) groups is 1. The molecule has 0 spiro atoms. The minimum absolute atomic E-state index is 0.138. The van der Waals surface area contributed by atoms with Crippen LogP contribution in [-0.2, 0) is 0 Å². The zero-order valence-corrected chi connectivity index (χ0v) is 12.2. The van der Waals surface area contributed by atoms with Crippen LogP contribution in [0.15, 0.2) is 29.2 Å². The van der Waals surface area contributed by atoms with Gasteiger partial charge >= 0.3 is 0 Å². The summed E-state index contributed by atoms with van der Waals surface area (Å²) in [4.78, 5) is 3.91. The summed E-state index contributed by atoms with van der Waals surface area (Å²) in [6.45, 7) is 2.62. The number of halogens is 1. The van der Waals surface area contributed by atoms with Crippen molar-refractivity contribution in [3.63, 3.8) is 0 Å². The molecule has 2 aliphatic rings. The van der Waals surface area contributed by atoms with Crippen LogP contribution in [0.5, 0.6) is 0 Å². The zero-order chi connectivity index (χ0) is 13.1. The average molecular weight is 279 g/mol. The summed E-state index contributed by atoms with van der Waals surface area (Å²) < 4.78 is 12.9. The van der Waals surface area contributed by atoms with E-state index in [0.29, 0.717) is 0 Å². The van der Waals surface area contributed by atoms with Gasteiger partial charge in [-0.3, -0.25) is 0 Å². The standard InChI is InChI=1S/C16H22FNS/c17-14-6-8-15(9-7-14)19-12-13-4-3-11-18-10-2-1-5-16(13)18/h6-9,13,16H,1-5,10-12H2/t13-,16+/m0/s1. The minimum Gasteiger partial charge on any atom is -0.300 e. The van der Waals surface area contributed by atoms with Crippen LogP contribution in [0.4, 0.5) is 4.39 Å². The summed E-state index contributed by atoms with van der Waals surface area (Å²) in [5.41, 5.74) is 0. The smallest absolute Gasteiger partial charge is 0.123 e. The van der Waals surface area contributed by atoms with Crippen LogP contribution >= 0.6 is 11.8 Å². The Bertz CT molecular complexity index is 404. The van der Waals surface area contributed by atoms with Gasteiger partial charge in [0.15, 0.2) is 0 Å². The SMILES string of the molecule is Fc1ccc(SC[C@@H]2CCCN3CCCC[C@H]23)cc1. The molecule has 1 aromatic rings. The molecule has 0 unspecified atom stereocenters. The lowest BCUT2D eigenvalue weighted by molar-refractivity contribution is 0.0693. The van der Waals surface area contributed by atoms with Gasteiger partial charge in [-0.05, 0) is 69.0 Å². The van der Waals surface area contributed by atoms with E-state index in [4.69, 9.17) is 0 Å². The maximum atomic E-state index is 12.9. The molecule has 2 fully saturated rings. The fourth-order valence-electron chi connectivity index (χ4n) is 3.51. The third kappa shape index (κ3) is 3.32. The number of hydrogen-bond donors (Lipinski definition) is 0. The molecule has 1 nitrogen and oxygen atoms in total. The predicted octanol–water partition coefficient (Wildman–Crippen LogP) is 4.18. The van der Waals surface area contributed by atoms with Gasteiger partial charge in [-0.25, -0.2) is 4.39 Å². The maximum absolute atomic E-state index is 12.9. The Kier molecular flexibility index (Phi) is 4.44. The van der Waals surface area contributed by atoms with Crippen LogP contribution in [0.3, 0.4) is 0 Å². The number of hydrogen-bond acceptors (Lipinski definition) is 2. The second-order valence-electron chi connectivity index (χ2n) is 5.77. The summed E-state index contributed by atoms with van der Waals surface area (Å²) in [6.07, 6.45) is 6.89. The van der Waals surface area contributed by atoms with Gasteiger partial charge in [-0.15, -0.1) is 11.8 Å². The molecule has 2 atom stereocenters. The second-order valence-corrected chi connectivity index (χ2v) is 6.86. The van der Waals surface area contributed by atoms with E-state index in [1.54, 1.807) is 12.1 Å². The second kappa shape index (κ2) is 6.27. The van der Waals surface area contributed by atoms with E-state index in [1.807, 2.05) is 23.9 Å². The van der Waals surface area contributed by atoms with Gasteiger partial charge in [0.2, 0.25) is 0 Å². The first kappa shape index (κ1) is 13.4. The number of nitrogens with zero attached hydrogens (tertiary/aromatic N) is 1. The molecule has 2 saturated heterocycles. The summed E-state index contributed by atoms with van der Waals surface area (Å²) in [5, 5.41) is 0. The van der Waals surface area contributed by atoms with Crippen molar-refractivity contribution in [2.24, 2.45) is 5.92 Å². The number of fused-ring (bicyclic) bond motifs is 1. The monoisotopic (exact) mass is 279 g/mol. The van der Waals surface area contributed by atoms with Gasteiger partial charge in [0.25, 0.3) is 0 Å². The Morgan fingerprint density at radius 2 is 1.84 bits per heavy atom. The van der Waals surface area contributed by atoms with Gasteiger partial charge in [0.1, 0.15) is 5.82 Å². The zero-order valence-electron chi connectivity index (χ0n) is 11.4. The van der Waals surface area contributed by atoms with Crippen molar-refractivity contribution < 1.29 is 4.39 Å². The first-order chi connectivity index (χ1) is 9.33. The molecule has 3 rings (SSSR count). The topological polar surface area (TPSA) is 3.24 Å². The van der Waals surface area contributed by atoms with Crippen molar-refractivity contribution in [3.05, 3.63) is 30.1 Å². The lowest BCUT2D eigenvalue weighted by atomic mass is 9.85. The molecule has 0 radical (unpaired) electrons. The highest BCUT2D eigenvalue weighted by Gasteiger charge is 2.32. The Morgan fingerprint density at radius 1 is 1.05 bits per heavy atom. The Morgan fingerprint density at radius 3 is 2.68 bits per heavy atom. The van der Waals surface area contributed by atoms with E-state index >= 15 is 0 Å². The van der Waals surface area contributed by atoms with Gasteiger partial charge in [0.05, 0.1) is 0 Å². The van der Waals surface area contributed by atoms with E-state index in [1.165, 1.54) is 55.8 Å². The Balaban J connectivity index is 1.57. The molecular weight excluding hydrogens is 257 g/mol. The molecule has 2 aliphatic heterocycles. The molecule has 0 bridgehead atoms. The van der Waals surface area contributed by atoms with Crippen molar-refractivity contribution in [1.82, 2.24) is 4.90 Å². The van der Waals surface area contributed by atoms with E-state index in [2.05, 4.69) is 4.90 Å². The summed E-state index contributed by atoms with van der Waals surface area (Å²) in [5.74, 6) is 1.87. The van der Waals surface area contributed by atoms with Crippen LogP contribution in [0.2, 0.25) is 0 Å². The molecule has 3 heteroatoms.